The molecular weight excluding hydrogens is 838 g/mol. The summed E-state index contributed by atoms with van der Waals surface area (Å²) in [5.41, 5.74) is -6.33. The van der Waals surface area contributed by atoms with E-state index in [1.54, 1.807) is 75.7 Å². The molecule has 6 atom stereocenters. The van der Waals surface area contributed by atoms with Crippen molar-refractivity contribution in [3.63, 3.8) is 0 Å². The number of likely N-dealkylation sites (tertiary alicyclic amines) is 2. The SMILES string of the molecule is C.C=CC[C@]1(C)[C@@H](OC)CN(C(=O)OC(C)(C)C)[C@]1(C)C(=O)OC.CC1(C)O[B]OC1(C)C.COC(=O)[C@@]1(C)N(C(=O)OC(C)(C)C)C[C@H](OC)[C@@]1(C)CCCB1OC(C)(C)C(C)(C)O1. The zero-order valence-electron chi connectivity index (χ0n) is 43.4. The van der Waals surface area contributed by atoms with Crippen molar-refractivity contribution in [2.45, 2.75) is 215 Å². The summed E-state index contributed by atoms with van der Waals surface area (Å²) in [6, 6.07) is 0. The number of hydrogen-bond acceptors (Lipinski definition) is 14. The summed E-state index contributed by atoms with van der Waals surface area (Å²) in [6.45, 7) is 38.5. The maximum atomic E-state index is 13.1. The van der Waals surface area contributed by atoms with E-state index in [9.17, 15) is 19.2 Å². The van der Waals surface area contributed by atoms with E-state index in [1.165, 1.54) is 31.7 Å². The summed E-state index contributed by atoms with van der Waals surface area (Å²) in [7, 11) is 6.92. The molecular formula is C47H87B2N2O14. The Morgan fingerprint density at radius 2 is 1.00 bits per heavy atom. The molecule has 2 amide bonds. The zero-order valence-corrected chi connectivity index (χ0v) is 43.4. The van der Waals surface area contributed by atoms with Crippen molar-refractivity contribution < 1.29 is 66.2 Å². The van der Waals surface area contributed by atoms with Crippen molar-refractivity contribution >= 4 is 38.9 Å². The van der Waals surface area contributed by atoms with Crippen molar-refractivity contribution in [1.29, 1.82) is 0 Å². The van der Waals surface area contributed by atoms with Gasteiger partial charge in [0, 0.05) is 25.0 Å². The van der Waals surface area contributed by atoms with E-state index in [2.05, 4.69) is 6.58 Å². The fourth-order valence-corrected chi connectivity index (χ4v) is 8.55. The lowest BCUT2D eigenvalue weighted by Crippen LogP contribution is -2.60. The van der Waals surface area contributed by atoms with E-state index >= 15 is 0 Å². The van der Waals surface area contributed by atoms with Crippen molar-refractivity contribution in [1.82, 2.24) is 9.80 Å². The Balaban J connectivity index is 0.000000555. The van der Waals surface area contributed by atoms with Crippen LogP contribution in [-0.2, 0) is 56.6 Å². The second kappa shape index (κ2) is 21.2. The zero-order chi connectivity index (χ0) is 49.9. The minimum atomic E-state index is -1.25. The van der Waals surface area contributed by atoms with Gasteiger partial charge < -0.3 is 47.0 Å². The number of ether oxygens (including phenoxy) is 6. The third kappa shape index (κ3) is 12.2. The fraction of sp³-hybridized carbons (Fsp3) is 0.872. The van der Waals surface area contributed by atoms with Gasteiger partial charge in [-0.05, 0) is 130 Å². The number of amides is 2. The molecule has 16 nitrogen and oxygen atoms in total. The highest BCUT2D eigenvalue weighted by atomic mass is 16.7. The number of rotatable bonds is 10. The first-order valence-corrected chi connectivity index (χ1v) is 22.3. The van der Waals surface area contributed by atoms with Gasteiger partial charge in [-0.3, -0.25) is 9.80 Å². The second-order valence-corrected chi connectivity index (χ2v) is 22.0. The van der Waals surface area contributed by atoms with Gasteiger partial charge in [-0.1, -0.05) is 33.8 Å². The number of hydrogen-bond donors (Lipinski definition) is 0. The molecule has 0 aliphatic carbocycles. The topological polar surface area (TPSA) is 167 Å². The highest BCUT2D eigenvalue weighted by Gasteiger charge is 2.67. The Hall–Kier alpha value is -2.89. The van der Waals surface area contributed by atoms with Gasteiger partial charge in [-0.15, -0.1) is 6.58 Å². The summed E-state index contributed by atoms with van der Waals surface area (Å²) in [4.78, 5) is 54.3. The van der Waals surface area contributed by atoms with E-state index in [4.69, 9.17) is 47.0 Å². The first-order valence-electron chi connectivity index (χ1n) is 22.3. The molecule has 0 aromatic rings. The molecule has 18 heteroatoms. The molecule has 0 N–H and O–H groups in total. The highest BCUT2D eigenvalue weighted by molar-refractivity contribution is 6.45. The fourth-order valence-electron chi connectivity index (χ4n) is 8.55. The third-order valence-corrected chi connectivity index (χ3v) is 14.5. The van der Waals surface area contributed by atoms with E-state index in [0.717, 1.165) is 6.42 Å². The quantitative estimate of drug-likeness (QED) is 0.0884. The molecule has 4 saturated heterocycles. The molecule has 0 aromatic heterocycles. The number of allylic oxidation sites excluding steroid dienone is 1. The first-order chi connectivity index (χ1) is 28.9. The van der Waals surface area contributed by atoms with Crippen LogP contribution in [0.2, 0.25) is 6.32 Å². The second-order valence-electron chi connectivity index (χ2n) is 22.0. The summed E-state index contributed by atoms with van der Waals surface area (Å²) < 4.78 is 55.3. The molecule has 4 rings (SSSR count). The normalized spacial score (nSPS) is 30.6. The van der Waals surface area contributed by atoms with Gasteiger partial charge in [0.15, 0.2) is 0 Å². The van der Waals surface area contributed by atoms with Crippen molar-refractivity contribution in [3.8, 4) is 0 Å². The van der Waals surface area contributed by atoms with E-state index in [-0.39, 0.29) is 51.0 Å². The lowest BCUT2D eigenvalue weighted by Gasteiger charge is -2.44. The lowest BCUT2D eigenvalue weighted by molar-refractivity contribution is -0.160. The number of carbonyl (C=O) groups is 4. The van der Waals surface area contributed by atoms with Gasteiger partial charge >= 0.3 is 38.9 Å². The minimum absolute atomic E-state index is 0. The monoisotopic (exact) mass is 926 g/mol. The Morgan fingerprint density at radius 1 is 0.646 bits per heavy atom. The minimum Gasteiger partial charge on any atom is -0.467 e. The highest BCUT2D eigenvalue weighted by Crippen LogP contribution is 2.52. The maximum absolute atomic E-state index is 13.1. The maximum Gasteiger partial charge on any atom is 0.488 e. The molecule has 375 valence electrons. The Morgan fingerprint density at radius 3 is 1.29 bits per heavy atom. The summed E-state index contributed by atoms with van der Waals surface area (Å²) in [5.74, 6) is -0.978. The number of methoxy groups -OCH3 is 4. The molecule has 4 heterocycles. The van der Waals surface area contributed by atoms with Crippen molar-refractivity contribution in [2.24, 2.45) is 10.8 Å². The molecule has 65 heavy (non-hydrogen) atoms. The van der Waals surface area contributed by atoms with Crippen LogP contribution < -0.4 is 0 Å². The van der Waals surface area contributed by atoms with Gasteiger partial charge in [0.2, 0.25) is 0 Å². The number of nitrogens with zero attached hydrogens (tertiary/aromatic N) is 2. The number of esters is 2. The first kappa shape index (κ1) is 60.1. The Bertz CT molecular complexity index is 1630. The van der Waals surface area contributed by atoms with Crippen LogP contribution >= 0.6 is 0 Å². The summed E-state index contributed by atoms with van der Waals surface area (Å²) >= 11 is 0. The van der Waals surface area contributed by atoms with Crippen molar-refractivity contribution in [3.05, 3.63) is 12.7 Å². The molecule has 0 spiro atoms. The van der Waals surface area contributed by atoms with Crippen LogP contribution in [0, 0.1) is 10.8 Å². The molecule has 4 aliphatic heterocycles. The predicted molar refractivity (Wildman–Crippen MR) is 252 cm³/mol. The van der Waals surface area contributed by atoms with Crippen LogP contribution in [0.3, 0.4) is 0 Å². The molecule has 1 radical (unpaired) electrons. The molecule has 4 fully saturated rings. The van der Waals surface area contributed by atoms with Crippen LogP contribution in [0.1, 0.15) is 151 Å². The molecule has 0 unspecified atom stereocenters. The average molecular weight is 926 g/mol. The predicted octanol–water partition coefficient (Wildman–Crippen LogP) is 8.59. The van der Waals surface area contributed by atoms with Gasteiger partial charge in [0.05, 0.1) is 61.9 Å². The van der Waals surface area contributed by atoms with E-state index in [0.29, 0.717) is 19.2 Å². The standard InChI is InChI=1S/C23H42BNO7.C17H29NO5.C6H12BO2.CH4/c1-19(2,3)30-18(27)25-15-16(28-10)22(8,23(25,9)17(26)29-11)13-12-14-24-31-20(4,5)21(6,7)32-24;1-9-10-16(5)12(21-7)11-18(14(20)23-15(2,3)4)17(16,6)13(19)22-8;1-5(2)6(3,4)9-7-8-5;/h16H,12-15H2,1-11H3;9,12H,1,10-11H2,2-8H3;1-4H3;1H4/t16-,22+,23+;12-,16+,17+;;/m00../s1. The average Bonchev–Trinajstić information content (AvgIpc) is 3.72. The molecule has 4 aliphatic rings. The molecule has 0 aromatic carbocycles. The van der Waals surface area contributed by atoms with Crippen LogP contribution in [0.25, 0.3) is 0 Å². The van der Waals surface area contributed by atoms with Gasteiger partial charge in [-0.2, -0.15) is 0 Å². The van der Waals surface area contributed by atoms with Gasteiger partial charge in [0.1, 0.15) is 22.3 Å². The summed E-state index contributed by atoms with van der Waals surface area (Å²) in [5, 5.41) is 0. The van der Waals surface area contributed by atoms with Gasteiger partial charge in [0.25, 0.3) is 0 Å². The smallest absolute Gasteiger partial charge is 0.467 e. The van der Waals surface area contributed by atoms with Crippen LogP contribution in [0.5, 0.6) is 0 Å². The third-order valence-electron chi connectivity index (χ3n) is 14.5. The Kier molecular flexibility index (Phi) is 19.6. The Labute approximate surface area is 393 Å². The van der Waals surface area contributed by atoms with Gasteiger partial charge in [-0.25, -0.2) is 19.2 Å². The number of carbonyl (C=O) groups excluding carboxylic acids is 4. The summed E-state index contributed by atoms with van der Waals surface area (Å²) in [6.07, 6.45) is 2.42. The van der Waals surface area contributed by atoms with Crippen LogP contribution in [0.15, 0.2) is 12.7 Å². The van der Waals surface area contributed by atoms with E-state index < -0.39 is 68.4 Å². The molecule has 0 bridgehead atoms. The largest absolute Gasteiger partial charge is 0.488 e. The van der Waals surface area contributed by atoms with Crippen LogP contribution in [0.4, 0.5) is 9.59 Å². The molecule has 0 saturated carbocycles. The van der Waals surface area contributed by atoms with Crippen molar-refractivity contribution in [2.75, 3.05) is 41.5 Å². The lowest BCUT2D eigenvalue weighted by atomic mass is 9.66. The van der Waals surface area contributed by atoms with E-state index in [1.807, 2.05) is 69.2 Å². The van der Waals surface area contributed by atoms with Crippen LogP contribution in [-0.4, -0.2) is 147 Å².